The summed E-state index contributed by atoms with van der Waals surface area (Å²) in [5.74, 6) is -0.337. The van der Waals surface area contributed by atoms with Crippen LogP contribution in [0.1, 0.15) is 28.8 Å². The molecule has 2 N–H and O–H groups in total. The molecule has 1 aliphatic carbocycles. The van der Waals surface area contributed by atoms with E-state index in [2.05, 4.69) is 26.2 Å². The molecule has 3 aromatic rings. The SMILES string of the molecule is O=C(NCC1(c2c[nH]c3ccc(F)cc23)CC1)c1ccccc1Br. The molecule has 1 aliphatic rings. The highest BCUT2D eigenvalue weighted by Crippen LogP contribution is 2.50. The molecule has 0 unspecified atom stereocenters. The molecule has 2 aromatic carbocycles. The van der Waals surface area contributed by atoms with Gasteiger partial charge in [0.15, 0.2) is 0 Å². The van der Waals surface area contributed by atoms with E-state index in [0.29, 0.717) is 12.1 Å². The predicted molar refractivity (Wildman–Crippen MR) is 95.6 cm³/mol. The smallest absolute Gasteiger partial charge is 0.252 e. The second-order valence-corrected chi connectivity index (χ2v) is 7.19. The van der Waals surface area contributed by atoms with Gasteiger partial charge in [0.2, 0.25) is 0 Å². The number of H-pyrrole nitrogens is 1. The first-order valence-electron chi connectivity index (χ1n) is 7.89. The van der Waals surface area contributed by atoms with Crippen molar-refractivity contribution >= 4 is 32.7 Å². The lowest BCUT2D eigenvalue weighted by molar-refractivity contribution is 0.0949. The molecule has 0 aliphatic heterocycles. The average Bonchev–Trinajstić information content (AvgIpc) is 3.25. The molecule has 0 spiro atoms. The van der Waals surface area contributed by atoms with Gasteiger partial charge in [-0.3, -0.25) is 4.79 Å². The van der Waals surface area contributed by atoms with Crippen LogP contribution in [0.5, 0.6) is 0 Å². The van der Waals surface area contributed by atoms with E-state index in [-0.39, 0.29) is 17.1 Å². The normalized spacial score (nSPS) is 15.4. The Hall–Kier alpha value is -2.14. The molecule has 0 saturated heterocycles. The lowest BCUT2D eigenvalue weighted by atomic mass is 9.95. The van der Waals surface area contributed by atoms with Gasteiger partial charge in [-0.05, 0) is 64.7 Å². The third-order valence-electron chi connectivity index (χ3n) is 4.77. The Kier molecular flexibility index (Phi) is 3.68. The van der Waals surface area contributed by atoms with Crippen LogP contribution in [0.4, 0.5) is 4.39 Å². The van der Waals surface area contributed by atoms with Crippen molar-refractivity contribution < 1.29 is 9.18 Å². The summed E-state index contributed by atoms with van der Waals surface area (Å²) in [6, 6.07) is 12.1. The van der Waals surface area contributed by atoms with Gasteiger partial charge in [0.25, 0.3) is 5.91 Å². The molecule has 1 heterocycles. The molecule has 1 amide bonds. The lowest BCUT2D eigenvalue weighted by Gasteiger charge is -2.16. The van der Waals surface area contributed by atoms with Gasteiger partial charge in [-0.25, -0.2) is 4.39 Å². The monoisotopic (exact) mass is 386 g/mol. The summed E-state index contributed by atoms with van der Waals surface area (Å²) >= 11 is 3.40. The number of halogens is 2. The largest absolute Gasteiger partial charge is 0.361 e. The van der Waals surface area contributed by atoms with Crippen molar-refractivity contribution in [1.29, 1.82) is 0 Å². The van der Waals surface area contributed by atoms with Gasteiger partial charge in [0, 0.05) is 33.5 Å². The maximum atomic E-state index is 13.6. The summed E-state index contributed by atoms with van der Waals surface area (Å²) < 4.78 is 14.4. The number of rotatable bonds is 4. The minimum absolute atomic E-state index is 0.0943. The van der Waals surface area contributed by atoms with E-state index in [4.69, 9.17) is 0 Å². The van der Waals surface area contributed by atoms with E-state index in [1.54, 1.807) is 18.2 Å². The van der Waals surface area contributed by atoms with E-state index < -0.39 is 0 Å². The van der Waals surface area contributed by atoms with Gasteiger partial charge in [-0.1, -0.05) is 12.1 Å². The topological polar surface area (TPSA) is 44.9 Å². The first kappa shape index (κ1) is 15.4. The highest BCUT2D eigenvalue weighted by Gasteiger charge is 2.46. The number of aromatic amines is 1. The van der Waals surface area contributed by atoms with Crippen LogP contribution < -0.4 is 5.32 Å². The second kappa shape index (κ2) is 5.74. The molecule has 24 heavy (non-hydrogen) atoms. The second-order valence-electron chi connectivity index (χ2n) is 6.34. The van der Waals surface area contributed by atoms with Crippen molar-refractivity contribution in [2.45, 2.75) is 18.3 Å². The van der Waals surface area contributed by atoms with E-state index in [1.807, 2.05) is 24.4 Å². The molecule has 3 nitrogen and oxygen atoms in total. The minimum atomic E-state index is -0.239. The zero-order chi connectivity index (χ0) is 16.7. The average molecular weight is 387 g/mol. The molecular weight excluding hydrogens is 371 g/mol. The molecule has 0 bridgehead atoms. The molecule has 122 valence electrons. The first-order valence-corrected chi connectivity index (χ1v) is 8.68. The summed E-state index contributed by atoms with van der Waals surface area (Å²) in [6.07, 6.45) is 3.93. The fourth-order valence-electron chi connectivity index (χ4n) is 3.21. The van der Waals surface area contributed by atoms with Gasteiger partial charge in [0.05, 0.1) is 5.56 Å². The maximum Gasteiger partial charge on any atom is 0.252 e. The van der Waals surface area contributed by atoms with Crippen molar-refractivity contribution in [2.75, 3.05) is 6.54 Å². The zero-order valence-electron chi connectivity index (χ0n) is 12.9. The molecule has 1 aromatic heterocycles. The summed E-state index contributed by atoms with van der Waals surface area (Å²) in [5.41, 5.74) is 2.54. The Morgan fingerprint density at radius 2 is 2.04 bits per heavy atom. The van der Waals surface area contributed by atoms with Crippen LogP contribution in [0.3, 0.4) is 0 Å². The minimum Gasteiger partial charge on any atom is -0.361 e. The summed E-state index contributed by atoms with van der Waals surface area (Å²) in [4.78, 5) is 15.6. The molecule has 5 heteroatoms. The van der Waals surface area contributed by atoms with Gasteiger partial charge in [0.1, 0.15) is 5.82 Å². The number of benzene rings is 2. The summed E-state index contributed by atoms with van der Waals surface area (Å²) in [6.45, 7) is 0.552. The first-order chi connectivity index (χ1) is 11.6. The fourth-order valence-corrected chi connectivity index (χ4v) is 3.68. The van der Waals surface area contributed by atoms with Gasteiger partial charge in [-0.15, -0.1) is 0 Å². The van der Waals surface area contributed by atoms with Crippen molar-refractivity contribution in [3.8, 4) is 0 Å². The fraction of sp³-hybridized carbons (Fsp3) is 0.211. The van der Waals surface area contributed by atoms with E-state index in [9.17, 15) is 9.18 Å². The molecule has 0 radical (unpaired) electrons. The van der Waals surface area contributed by atoms with Crippen molar-refractivity contribution in [3.05, 3.63) is 70.1 Å². The third kappa shape index (κ3) is 2.63. The number of fused-ring (bicyclic) bond motifs is 1. The highest BCUT2D eigenvalue weighted by atomic mass is 79.9. The van der Waals surface area contributed by atoms with Gasteiger partial charge < -0.3 is 10.3 Å². The quantitative estimate of drug-likeness (QED) is 0.679. The molecular formula is C19H16BrFN2O. The number of hydrogen-bond acceptors (Lipinski definition) is 1. The lowest BCUT2D eigenvalue weighted by Crippen LogP contribution is -2.32. The van der Waals surface area contributed by atoms with E-state index >= 15 is 0 Å². The Balaban J connectivity index is 1.57. The summed E-state index contributed by atoms with van der Waals surface area (Å²) in [5, 5.41) is 3.94. The third-order valence-corrected chi connectivity index (χ3v) is 5.47. The standard InChI is InChI=1S/C19H16BrFN2O/c20-16-4-2-1-3-13(16)18(24)23-11-19(7-8-19)15-10-22-17-6-5-12(21)9-14(15)17/h1-6,9-10,22H,7-8,11H2,(H,23,24). The highest BCUT2D eigenvalue weighted by molar-refractivity contribution is 9.10. The summed E-state index contributed by atoms with van der Waals surface area (Å²) in [7, 11) is 0. The van der Waals surface area contributed by atoms with E-state index in [1.165, 1.54) is 6.07 Å². The predicted octanol–water partition coefficient (Wildman–Crippen LogP) is 4.53. The van der Waals surface area contributed by atoms with E-state index in [0.717, 1.165) is 33.8 Å². The van der Waals surface area contributed by atoms with Crippen LogP contribution in [0, 0.1) is 5.82 Å². The number of nitrogens with one attached hydrogen (secondary N) is 2. The van der Waals surface area contributed by atoms with Crippen LogP contribution in [-0.2, 0) is 5.41 Å². The van der Waals surface area contributed by atoms with Crippen LogP contribution in [0.15, 0.2) is 53.1 Å². The van der Waals surface area contributed by atoms with Crippen LogP contribution in [0.25, 0.3) is 10.9 Å². The number of hydrogen-bond donors (Lipinski definition) is 2. The van der Waals surface area contributed by atoms with Gasteiger partial charge >= 0.3 is 0 Å². The van der Waals surface area contributed by atoms with Crippen LogP contribution in [-0.4, -0.2) is 17.4 Å². The number of carbonyl (C=O) groups is 1. The zero-order valence-corrected chi connectivity index (χ0v) is 14.5. The van der Waals surface area contributed by atoms with Crippen LogP contribution in [0.2, 0.25) is 0 Å². The molecule has 4 rings (SSSR count). The Bertz CT molecular complexity index is 930. The van der Waals surface area contributed by atoms with Gasteiger partial charge in [-0.2, -0.15) is 0 Å². The number of carbonyl (C=O) groups excluding carboxylic acids is 1. The number of amides is 1. The maximum absolute atomic E-state index is 13.6. The Morgan fingerprint density at radius 1 is 1.25 bits per heavy atom. The molecule has 0 atom stereocenters. The van der Waals surface area contributed by atoms with Crippen LogP contribution >= 0.6 is 15.9 Å². The van der Waals surface area contributed by atoms with Crippen molar-refractivity contribution in [2.24, 2.45) is 0 Å². The van der Waals surface area contributed by atoms with Crippen molar-refractivity contribution in [3.63, 3.8) is 0 Å². The van der Waals surface area contributed by atoms with Crippen molar-refractivity contribution in [1.82, 2.24) is 10.3 Å². The molecule has 1 saturated carbocycles. The number of aromatic nitrogens is 1. The molecule has 1 fully saturated rings. The Morgan fingerprint density at radius 3 is 2.79 bits per heavy atom. The Labute approximate surface area is 147 Å².